The summed E-state index contributed by atoms with van der Waals surface area (Å²) in [7, 11) is 3.64. The van der Waals surface area contributed by atoms with Gasteiger partial charge in [0.15, 0.2) is 5.96 Å². The van der Waals surface area contributed by atoms with E-state index in [1.54, 1.807) is 13.1 Å². The van der Waals surface area contributed by atoms with Crippen molar-refractivity contribution < 1.29 is 4.79 Å². The summed E-state index contributed by atoms with van der Waals surface area (Å²) in [4.78, 5) is 17.8. The lowest BCUT2D eigenvalue weighted by Gasteiger charge is -2.22. The van der Waals surface area contributed by atoms with Crippen molar-refractivity contribution >= 4 is 59.0 Å². The molecule has 0 atom stereocenters. The number of carbonyl (C=O) groups is 1. The van der Waals surface area contributed by atoms with Gasteiger partial charge in [0.05, 0.1) is 10.0 Å². The minimum atomic E-state index is 0. The number of nitrogens with one attached hydrogen (secondary N) is 2. The molecule has 0 spiro atoms. The number of hydrogen-bond acceptors (Lipinski definition) is 2. The van der Waals surface area contributed by atoms with Crippen LogP contribution in [0.5, 0.6) is 0 Å². The zero-order valence-electron chi connectivity index (χ0n) is 14.2. The third-order valence-electron chi connectivity index (χ3n) is 3.18. The second kappa shape index (κ2) is 12.6. The molecule has 1 aromatic rings. The van der Waals surface area contributed by atoms with E-state index in [1.165, 1.54) is 0 Å². The van der Waals surface area contributed by atoms with E-state index in [4.69, 9.17) is 23.2 Å². The summed E-state index contributed by atoms with van der Waals surface area (Å²) in [6.45, 7) is 3.91. The van der Waals surface area contributed by atoms with Crippen LogP contribution in [0.1, 0.15) is 25.3 Å². The standard InChI is InChI=1S/C16H24Cl2N4O.HI/c1-4-8-20-15(23)7-9-21-16(19-2)22(3)11-12-5-6-13(17)14(18)10-12;/h5-6,10H,4,7-9,11H2,1-3H3,(H,19,21)(H,20,23);1H. The molecule has 1 amide bonds. The lowest BCUT2D eigenvalue weighted by atomic mass is 10.2. The smallest absolute Gasteiger partial charge is 0.221 e. The molecule has 1 rings (SSSR count). The molecule has 0 aliphatic carbocycles. The molecule has 0 radical (unpaired) electrons. The Morgan fingerprint density at radius 2 is 1.92 bits per heavy atom. The number of halogens is 3. The highest BCUT2D eigenvalue weighted by Gasteiger charge is 2.08. The van der Waals surface area contributed by atoms with E-state index in [0.717, 1.165) is 17.9 Å². The molecule has 136 valence electrons. The highest BCUT2D eigenvalue weighted by Crippen LogP contribution is 2.23. The Bertz CT molecular complexity index is 555. The lowest BCUT2D eigenvalue weighted by Crippen LogP contribution is -2.40. The fourth-order valence-electron chi connectivity index (χ4n) is 2.01. The average molecular weight is 487 g/mol. The molecular weight excluding hydrogens is 462 g/mol. The molecular formula is C16H25Cl2IN4O. The number of aliphatic imine (C=N–C) groups is 1. The molecule has 0 aromatic heterocycles. The lowest BCUT2D eigenvalue weighted by molar-refractivity contribution is -0.120. The molecule has 0 aliphatic heterocycles. The summed E-state index contributed by atoms with van der Waals surface area (Å²) < 4.78 is 0. The Kier molecular flexibility index (Phi) is 12.2. The Balaban J connectivity index is 0.00000529. The van der Waals surface area contributed by atoms with Gasteiger partial charge in [-0.3, -0.25) is 9.79 Å². The van der Waals surface area contributed by atoms with Crippen molar-refractivity contribution in [2.75, 3.05) is 27.2 Å². The van der Waals surface area contributed by atoms with Crippen molar-refractivity contribution in [1.29, 1.82) is 0 Å². The van der Waals surface area contributed by atoms with Gasteiger partial charge < -0.3 is 15.5 Å². The summed E-state index contributed by atoms with van der Waals surface area (Å²) in [5.74, 6) is 0.765. The number of amides is 1. The predicted molar refractivity (Wildman–Crippen MR) is 113 cm³/mol. The first kappa shape index (κ1) is 23.3. The van der Waals surface area contributed by atoms with Crippen molar-refractivity contribution in [1.82, 2.24) is 15.5 Å². The van der Waals surface area contributed by atoms with E-state index in [1.807, 2.05) is 31.0 Å². The number of rotatable bonds is 7. The minimum Gasteiger partial charge on any atom is -0.356 e. The molecule has 8 heteroatoms. The van der Waals surface area contributed by atoms with E-state index in [9.17, 15) is 4.79 Å². The Labute approximate surface area is 171 Å². The van der Waals surface area contributed by atoms with Crippen molar-refractivity contribution in [3.63, 3.8) is 0 Å². The third kappa shape index (κ3) is 8.39. The molecule has 1 aromatic carbocycles. The van der Waals surface area contributed by atoms with E-state index in [2.05, 4.69) is 15.6 Å². The van der Waals surface area contributed by atoms with Crippen LogP contribution in [0.2, 0.25) is 10.0 Å². The summed E-state index contributed by atoms with van der Waals surface area (Å²) in [5, 5.41) is 7.10. The molecule has 24 heavy (non-hydrogen) atoms. The largest absolute Gasteiger partial charge is 0.356 e. The van der Waals surface area contributed by atoms with Crippen LogP contribution in [0, 0.1) is 0 Å². The van der Waals surface area contributed by atoms with Crippen molar-refractivity contribution in [3.8, 4) is 0 Å². The predicted octanol–water partition coefficient (Wildman–Crippen LogP) is 3.53. The van der Waals surface area contributed by atoms with E-state index >= 15 is 0 Å². The first-order valence-electron chi connectivity index (χ1n) is 7.60. The Morgan fingerprint density at radius 3 is 2.50 bits per heavy atom. The van der Waals surface area contributed by atoms with Gasteiger partial charge in [-0.05, 0) is 24.1 Å². The van der Waals surface area contributed by atoms with Crippen molar-refractivity contribution in [2.24, 2.45) is 4.99 Å². The van der Waals surface area contributed by atoms with Crippen LogP contribution < -0.4 is 10.6 Å². The highest BCUT2D eigenvalue weighted by molar-refractivity contribution is 14.0. The summed E-state index contributed by atoms with van der Waals surface area (Å²) in [6.07, 6.45) is 1.35. The number of carbonyl (C=O) groups excluding carboxylic acids is 1. The SMILES string of the molecule is CCCNC(=O)CCNC(=NC)N(C)Cc1ccc(Cl)c(Cl)c1.I. The maximum Gasteiger partial charge on any atom is 0.221 e. The van der Waals surface area contributed by atoms with Crippen molar-refractivity contribution in [2.45, 2.75) is 26.3 Å². The maximum absolute atomic E-state index is 11.6. The molecule has 0 fully saturated rings. The van der Waals surface area contributed by atoms with Gasteiger partial charge in [0, 0.05) is 40.2 Å². The first-order valence-corrected chi connectivity index (χ1v) is 8.36. The highest BCUT2D eigenvalue weighted by atomic mass is 127. The number of nitrogens with zero attached hydrogens (tertiary/aromatic N) is 2. The zero-order chi connectivity index (χ0) is 17.2. The molecule has 0 heterocycles. The quantitative estimate of drug-likeness (QED) is 0.352. The molecule has 0 bridgehead atoms. The molecule has 0 saturated carbocycles. The fraction of sp³-hybridized carbons (Fsp3) is 0.500. The van der Waals surface area contributed by atoms with Crippen LogP contribution in [0.25, 0.3) is 0 Å². The third-order valence-corrected chi connectivity index (χ3v) is 3.92. The molecule has 2 N–H and O–H groups in total. The van der Waals surface area contributed by atoms with Crippen LogP contribution in [0.4, 0.5) is 0 Å². The van der Waals surface area contributed by atoms with Gasteiger partial charge in [0.1, 0.15) is 0 Å². The number of benzene rings is 1. The second-order valence-electron chi connectivity index (χ2n) is 5.18. The van der Waals surface area contributed by atoms with Gasteiger partial charge in [-0.1, -0.05) is 36.2 Å². The molecule has 0 saturated heterocycles. The fourth-order valence-corrected chi connectivity index (χ4v) is 2.33. The number of guanidine groups is 1. The van der Waals surface area contributed by atoms with Gasteiger partial charge >= 0.3 is 0 Å². The topological polar surface area (TPSA) is 56.7 Å². The van der Waals surface area contributed by atoms with Gasteiger partial charge in [-0.15, -0.1) is 24.0 Å². The van der Waals surface area contributed by atoms with Crippen LogP contribution in [-0.4, -0.2) is 44.0 Å². The van der Waals surface area contributed by atoms with Crippen LogP contribution in [0.15, 0.2) is 23.2 Å². The molecule has 0 aliphatic rings. The normalized spacial score (nSPS) is 10.8. The van der Waals surface area contributed by atoms with Crippen LogP contribution in [0.3, 0.4) is 0 Å². The van der Waals surface area contributed by atoms with Gasteiger partial charge in [0.25, 0.3) is 0 Å². The zero-order valence-corrected chi connectivity index (χ0v) is 18.1. The van der Waals surface area contributed by atoms with E-state index in [-0.39, 0.29) is 29.9 Å². The van der Waals surface area contributed by atoms with E-state index < -0.39 is 0 Å². The summed E-state index contributed by atoms with van der Waals surface area (Å²) >= 11 is 12.0. The maximum atomic E-state index is 11.6. The summed E-state index contributed by atoms with van der Waals surface area (Å²) in [5.41, 5.74) is 1.03. The molecule has 5 nitrogen and oxygen atoms in total. The average Bonchev–Trinajstić information content (AvgIpc) is 2.53. The van der Waals surface area contributed by atoms with Crippen LogP contribution in [-0.2, 0) is 11.3 Å². The first-order chi connectivity index (χ1) is 11.0. The Morgan fingerprint density at radius 1 is 1.21 bits per heavy atom. The van der Waals surface area contributed by atoms with Gasteiger partial charge in [-0.25, -0.2) is 0 Å². The number of hydrogen-bond donors (Lipinski definition) is 2. The minimum absolute atomic E-state index is 0. The Hall–Kier alpha value is -0.730. The summed E-state index contributed by atoms with van der Waals surface area (Å²) in [6, 6.07) is 5.55. The van der Waals surface area contributed by atoms with Crippen molar-refractivity contribution in [3.05, 3.63) is 33.8 Å². The monoisotopic (exact) mass is 486 g/mol. The second-order valence-corrected chi connectivity index (χ2v) is 5.99. The van der Waals surface area contributed by atoms with E-state index in [0.29, 0.717) is 36.1 Å². The van der Waals surface area contributed by atoms with Crippen LogP contribution >= 0.6 is 47.2 Å². The van der Waals surface area contributed by atoms with Gasteiger partial charge in [-0.2, -0.15) is 0 Å². The van der Waals surface area contributed by atoms with Gasteiger partial charge in [0.2, 0.25) is 5.91 Å². The molecule has 0 unspecified atom stereocenters.